The molecule has 0 saturated heterocycles. The zero-order valence-corrected chi connectivity index (χ0v) is 16.4. The molecule has 0 fully saturated rings. The van der Waals surface area contributed by atoms with Gasteiger partial charge in [-0.2, -0.15) is 10.1 Å². The summed E-state index contributed by atoms with van der Waals surface area (Å²) in [5.74, 6) is 0.0778. The minimum Gasteiger partial charge on any atom is -0.463 e. The van der Waals surface area contributed by atoms with E-state index in [0.29, 0.717) is 27.3 Å². The number of hydrogen-bond acceptors (Lipinski definition) is 5. The maximum atomic E-state index is 13.0. The quantitative estimate of drug-likeness (QED) is 0.632. The molecule has 4 rings (SSSR count). The fraction of sp³-hybridized carbons (Fsp3) is 0.150. The van der Waals surface area contributed by atoms with E-state index in [-0.39, 0.29) is 6.61 Å². The number of rotatable bonds is 4. The molecule has 2 heterocycles. The molecule has 1 aromatic heterocycles. The van der Waals surface area contributed by atoms with Crippen molar-refractivity contribution in [1.29, 1.82) is 0 Å². The third-order valence-corrected chi connectivity index (χ3v) is 5.15. The molecular weight excluding hydrogens is 399 g/mol. The minimum absolute atomic E-state index is 0.253. The van der Waals surface area contributed by atoms with Crippen LogP contribution in [0.25, 0.3) is 5.70 Å². The molecule has 0 bridgehead atoms. The first-order valence-corrected chi connectivity index (χ1v) is 9.44. The average Bonchev–Trinajstić information content (AvgIpc) is 3.18. The highest BCUT2D eigenvalue weighted by Crippen LogP contribution is 2.40. The van der Waals surface area contributed by atoms with Crippen LogP contribution < -0.4 is 5.32 Å². The molecule has 1 N–H and O–H groups in total. The topological polar surface area (TPSA) is 69.0 Å². The van der Waals surface area contributed by atoms with Gasteiger partial charge in [-0.3, -0.25) is 0 Å². The van der Waals surface area contributed by atoms with Crippen LogP contribution in [0.15, 0.2) is 60.4 Å². The number of carbonyl (C=O) groups is 1. The number of esters is 1. The van der Waals surface area contributed by atoms with E-state index in [1.165, 1.54) is 6.33 Å². The van der Waals surface area contributed by atoms with Crippen molar-refractivity contribution in [3.05, 3.63) is 81.6 Å². The van der Waals surface area contributed by atoms with E-state index in [1.54, 1.807) is 23.7 Å². The molecule has 0 saturated carbocycles. The van der Waals surface area contributed by atoms with Crippen LogP contribution in [0, 0.1) is 0 Å². The van der Waals surface area contributed by atoms with Gasteiger partial charge in [0.05, 0.1) is 27.9 Å². The predicted molar refractivity (Wildman–Crippen MR) is 108 cm³/mol. The van der Waals surface area contributed by atoms with Crippen LogP contribution in [0.4, 0.5) is 5.95 Å². The Labute approximate surface area is 171 Å². The number of fused-ring (bicyclic) bond motifs is 1. The Morgan fingerprint density at radius 1 is 1.18 bits per heavy atom. The van der Waals surface area contributed by atoms with Gasteiger partial charge in [-0.05, 0) is 30.2 Å². The van der Waals surface area contributed by atoms with E-state index >= 15 is 0 Å². The molecule has 0 radical (unpaired) electrons. The summed E-state index contributed by atoms with van der Waals surface area (Å²) in [5, 5.41) is 8.36. The smallest absolute Gasteiger partial charge is 0.338 e. The second-order valence-corrected chi connectivity index (χ2v) is 6.92. The third kappa shape index (κ3) is 3.25. The summed E-state index contributed by atoms with van der Waals surface area (Å²) >= 11 is 12.3. The third-order valence-electron chi connectivity index (χ3n) is 4.41. The summed E-state index contributed by atoms with van der Waals surface area (Å²) in [6.07, 6.45) is 1.43. The maximum absolute atomic E-state index is 13.0. The minimum atomic E-state index is -0.567. The van der Waals surface area contributed by atoms with E-state index in [2.05, 4.69) is 15.4 Å². The second kappa shape index (κ2) is 7.66. The molecule has 2 aromatic carbocycles. The lowest BCUT2D eigenvalue weighted by Gasteiger charge is -2.29. The number of nitrogens with zero attached hydrogens (tertiary/aromatic N) is 3. The Balaban J connectivity index is 1.97. The van der Waals surface area contributed by atoms with E-state index in [4.69, 9.17) is 27.9 Å². The van der Waals surface area contributed by atoms with Crippen LogP contribution in [0.5, 0.6) is 0 Å². The number of nitrogens with one attached hydrogen (secondary N) is 1. The van der Waals surface area contributed by atoms with Crippen molar-refractivity contribution in [3.63, 3.8) is 0 Å². The molecule has 8 heteroatoms. The standard InChI is InChI=1S/C20H16Cl2N4O2/c1-2-28-19(27)16-17(12-6-4-3-5-7-12)25-20-23-11-24-26(20)18(16)13-8-9-14(21)15(22)10-13/h3-11,18H,2H2,1H3,(H,23,24,25). The number of ether oxygens (including phenoxy) is 1. The summed E-state index contributed by atoms with van der Waals surface area (Å²) in [5.41, 5.74) is 2.63. The molecule has 142 valence electrons. The lowest BCUT2D eigenvalue weighted by atomic mass is 9.93. The van der Waals surface area contributed by atoms with Gasteiger partial charge in [-0.25, -0.2) is 9.48 Å². The molecule has 6 nitrogen and oxygen atoms in total. The molecule has 0 aliphatic carbocycles. The highest BCUT2D eigenvalue weighted by molar-refractivity contribution is 6.42. The first kappa shape index (κ1) is 18.5. The van der Waals surface area contributed by atoms with Gasteiger partial charge < -0.3 is 10.1 Å². The van der Waals surface area contributed by atoms with Gasteiger partial charge in [0.1, 0.15) is 12.4 Å². The zero-order valence-electron chi connectivity index (χ0n) is 14.9. The summed E-state index contributed by atoms with van der Waals surface area (Å²) in [4.78, 5) is 17.3. The first-order chi connectivity index (χ1) is 13.6. The van der Waals surface area contributed by atoms with Crippen molar-refractivity contribution >= 4 is 40.8 Å². The van der Waals surface area contributed by atoms with Crippen LogP contribution in [-0.4, -0.2) is 27.3 Å². The Bertz CT molecular complexity index is 1060. The lowest BCUT2D eigenvalue weighted by Crippen LogP contribution is -2.30. The fourth-order valence-corrected chi connectivity index (χ4v) is 3.52. The Hall–Kier alpha value is -2.83. The molecule has 28 heavy (non-hydrogen) atoms. The molecule has 1 atom stereocenters. The van der Waals surface area contributed by atoms with Crippen molar-refractivity contribution in [2.75, 3.05) is 11.9 Å². The summed E-state index contributed by atoms with van der Waals surface area (Å²) in [7, 11) is 0. The van der Waals surface area contributed by atoms with Gasteiger partial charge in [0.25, 0.3) is 0 Å². The van der Waals surface area contributed by atoms with Crippen LogP contribution in [0.1, 0.15) is 24.1 Å². The summed E-state index contributed by atoms with van der Waals surface area (Å²) in [6.45, 7) is 2.02. The van der Waals surface area contributed by atoms with Crippen molar-refractivity contribution in [2.45, 2.75) is 13.0 Å². The van der Waals surface area contributed by atoms with Crippen LogP contribution in [0.2, 0.25) is 10.0 Å². The highest BCUT2D eigenvalue weighted by Gasteiger charge is 2.36. The molecule has 1 aliphatic rings. The SMILES string of the molecule is CCOC(=O)C1=C(c2ccccc2)Nc2ncnn2C1c1ccc(Cl)c(Cl)c1. The average molecular weight is 415 g/mol. The molecule has 3 aromatic rings. The largest absolute Gasteiger partial charge is 0.463 e. The fourth-order valence-electron chi connectivity index (χ4n) is 3.21. The van der Waals surface area contributed by atoms with Gasteiger partial charge in [-0.15, -0.1) is 0 Å². The van der Waals surface area contributed by atoms with Gasteiger partial charge in [0.2, 0.25) is 5.95 Å². The summed E-state index contributed by atoms with van der Waals surface area (Å²) in [6, 6.07) is 14.2. The van der Waals surface area contributed by atoms with E-state index in [1.807, 2.05) is 36.4 Å². The lowest BCUT2D eigenvalue weighted by molar-refractivity contribution is -0.138. The maximum Gasteiger partial charge on any atom is 0.338 e. The molecular formula is C20H16Cl2N4O2. The van der Waals surface area contributed by atoms with Gasteiger partial charge in [0, 0.05) is 0 Å². The van der Waals surface area contributed by atoms with Gasteiger partial charge >= 0.3 is 5.97 Å². The number of carbonyl (C=O) groups excluding carboxylic acids is 1. The van der Waals surface area contributed by atoms with Crippen LogP contribution in [0.3, 0.4) is 0 Å². The first-order valence-electron chi connectivity index (χ1n) is 8.68. The highest BCUT2D eigenvalue weighted by atomic mass is 35.5. The van der Waals surface area contributed by atoms with Crippen molar-refractivity contribution < 1.29 is 9.53 Å². The van der Waals surface area contributed by atoms with Crippen molar-refractivity contribution in [1.82, 2.24) is 14.8 Å². The van der Waals surface area contributed by atoms with Gasteiger partial charge in [0.15, 0.2) is 0 Å². The van der Waals surface area contributed by atoms with E-state index in [9.17, 15) is 4.79 Å². The second-order valence-electron chi connectivity index (χ2n) is 6.10. The predicted octanol–water partition coefficient (Wildman–Crippen LogP) is 4.57. The van der Waals surface area contributed by atoms with E-state index < -0.39 is 12.0 Å². The van der Waals surface area contributed by atoms with Gasteiger partial charge in [-0.1, -0.05) is 59.6 Å². The number of halogens is 2. The molecule has 1 unspecified atom stereocenters. The van der Waals surface area contributed by atoms with Crippen molar-refractivity contribution in [2.24, 2.45) is 0 Å². The monoisotopic (exact) mass is 414 g/mol. The Morgan fingerprint density at radius 2 is 1.96 bits per heavy atom. The molecule has 0 spiro atoms. The van der Waals surface area contributed by atoms with Crippen molar-refractivity contribution in [3.8, 4) is 0 Å². The molecule has 1 aliphatic heterocycles. The number of aromatic nitrogens is 3. The Morgan fingerprint density at radius 3 is 2.68 bits per heavy atom. The summed E-state index contributed by atoms with van der Waals surface area (Å²) < 4.78 is 7.01. The number of anilines is 1. The molecule has 0 amide bonds. The zero-order chi connectivity index (χ0) is 19.7. The Kier molecular flexibility index (Phi) is 5.07. The van der Waals surface area contributed by atoms with Crippen LogP contribution in [-0.2, 0) is 9.53 Å². The number of hydrogen-bond donors (Lipinski definition) is 1. The number of benzene rings is 2. The normalized spacial score (nSPS) is 15.8. The van der Waals surface area contributed by atoms with E-state index in [0.717, 1.165) is 11.1 Å². The van der Waals surface area contributed by atoms with Crippen LogP contribution >= 0.6 is 23.2 Å².